The Labute approximate surface area is 85.2 Å². The number of unbranched alkanes of at least 4 members (excludes halogenated alkanes) is 2. The molecule has 0 aliphatic carbocycles. The molecule has 0 aliphatic rings. The minimum atomic E-state index is 0.221. The summed E-state index contributed by atoms with van der Waals surface area (Å²) in [6.07, 6.45) is 4.05. The van der Waals surface area contributed by atoms with E-state index in [0.717, 1.165) is 31.2 Å². The summed E-state index contributed by atoms with van der Waals surface area (Å²) in [5.74, 6) is 0.442. The van der Waals surface area contributed by atoms with Crippen LogP contribution in [0.15, 0.2) is 12.1 Å². The van der Waals surface area contributed by atoms with E-state index in [9.17, 15) is 10.2 Å². The highest BCUT2D eigenvalue weighted by molar-refractivity contribution is 5.46. The maximum Gasteiger partial charge on any atom is 0.122 e. The number of benzene rings is 1. The normalized spacial score (nSPS) is 10.4. The lowest BCUT2D eigenvalue weighted by Gasteiger charge is -2.07. The minimum Gasteiger partial charge on any atom is -0.508 e. The second-order valence-corrected chi connectivity index (χ2v) is 3.74. The summed E-state index contributed by atoms with van der Waals surface area (Å²) in [7, 11) is 0. The summed E-state index contributed by atoms with van der Waals surface area (Å²) in [5, 5.41) is 19.2. The van der Waals surface area contributed by atoms with E-state index in [1.165, 1.54) is 0 Å². The Hall–Kier alpha value is -1.18. The standard InChI is InChI=1S/C12H18O2/c1-3-4-5-6-10-11(13)7-9(2)8-12(10)14/h7-8,13-14H,3-6H2,1-2H3. The summed E-state index contributed by atoms with van der Waals surface area (Å²) >= 11 is 0. The maximum atomic E-state index is 9.61. The number of hydrogen-bond acceptors (Lipinski definition) is 2. The van der Waals surface area contributed by atoms with Crippen LogP contribution in [0.25, 0.3) is 0 Å². The zero-order valence-corrected chi connectivity index (χ0v) is 8.88. The van der Waals surface area contributed by atoms with Crippen molar-refractivity contribution in [2.24, 2.45) is 0 Å². The van der Waals surface area contributed by atoms with E-state index in [0.29, 0.717) is 5.56 Å². The number of hydrogen-bond donors (Lipinski definition) is 2. The molecule has 0 bridgehead atoms. The van der Waals surface area contributed by atoms with Gasteiger partial charge in [0.15, 0.2) is 0 Å². The molecule has 0 aromatic heterocycles. The van der Waals surface area contributed by atoms with Crippen molar-refractivity contribution < 1.29 is 10.2 Å². The van der Waals surface area contributed by atoms with E-state index in [2.05, 4.69) is 6.92 Å². The molecule has 2 N–H and O–H groups in total. The first-order chi connectivity index (χ1) is 6.65. The van der Waals surface area contributed by atoms with E-state index in [1.807, 2.05) is 6.92 Å². The fraction of sp³-hybridized carbons (Fsp3) is 0.500. The van der Waals surface area contributed by atoms with E-state index < -0.39 is 0 Å². The predicted octanol–water partition coefficient (Wildman–Crippen LogP) is 3.14. The Bertz CT molecular complexity index is 282. The van der Waals surface area contributed by atoms with E-state index in [-0.39, 0.29) is 11.5 Å². The van der Waals surface area contributed by atoms with Gasteiger partial charge in [0, 0.05) is 5.56 Å². The van der Waals surface area contributed by atoms with Crippen molar-refractivity contribution in [3.05, 3.63) is 23.3 Å². The van der Waals surface area contributed by atoms with E-state index in [4.69, 9.17) is 0 Å². The number of phenols is 2. The Balaban J connectivity index is 2.75. The molecule has 2 heteroatoms. The third-order valence-corrected chi connectivity index (χ3v) is 2.38. The molecule has 1 aromatic carbocycles. The van der Waals surface area contributed by atoms with Gasteiger partial charge < -0.3 is 10.2 Å². The molecule has 0 saturated heterocycles. The first-order valence-electron chi connectivity index (χ1n) is 5.16. The molecule has 0 atom stereocenters. The van der Waals surface area contributed by atoms with Crippen LogP contribution in [-0.4, -0.2) is 10.2 Å². The van der Waals surface area contributed by atoms with Gasteiger partial charge in [0.25, 0.3) is 0 Å². The van der Waals surface area contributed by atoms with Crippen molar-refractivity contribution in [2.45, 2.75) is 39.5 Å². The van der Waals surface area contributed by atoms with Gasteiger partial charge in [0.05, 0.1) is 0 Å². The van der Waals surface area contributed by atoms with Crippen LogP contribution < -0.4 is 0 Å². The number of rotatable bonds is 4. The van der Waals surface area contributed by atoms with Gasteiger partial charge in [-0.15, -0.1) is 0 Å². The van der Waals surface area contributed by atoms with Gasteiger partial charge in [-0.3, -0.25) is 0 Å². The van der Waals surface area contributed by atoms with Crippen LogP contribution in [0.3, 0.4) is 0 Å². The Kier molecular flexibility index (Phi) is 3.81. The van der Waals surface area contributed by atoms with Crippen LogP contribution in [0.4, 0.5) is 0 Å². The molecule has 1 aromatic rings. The molecule has 2 nitrogen and oxygen atoms in total. The van der Waals surface area contributed by atoms with Crippen LogP contribution in [0.2, 0.25) is 0 Å². The van der Waals surface area contributed by atoms with Gasteiger partial charge in [-0.25, -0.2) is 0 Å². The highest BCUT2D eigenvalue weighted by Gasteiger charge is 2.07. The van der Waals surface area contributed by atoms with Gasteiger partial charge >= 0.3 is 0 Å². The van der Waals surface area contributed by atoms with Crippen molar-refractivity contribution in [3.8, 4) is 11.5 Å². The Morgan fingerprint density at radius 3 is 2.14 bits per heavy atom. The van der Waals surface area contributed by atoms with Crippen molar-refractivity contribution in [3.63, 3.8) is 0 Å². The highest BCUT2D eigenvalue weighted by atomic mass is 16.3. The van der Waals surface area contributed by atoms with Crippen LogP contribution in [0, 0.1) is 6.92 Å². The lowest BCUT2D eigenvalue weighted by atomic mass is 10.0. The van der Waals surface area contributed by atoms with E-state index in [1.54, 1.807) is 12.1 Å². The molecule has 0 spiro atoms. The van der Waals surface area contributed by atoms with Crippen molar-refractivity contribution >= 4 is 0 Å². The minimum absolute atomic E-state index is 0.221. The lowest BCUT2D eigenvalue weighted by molar-refractivity contribution is 0.435. The molecule has 0 aliphatic heterocycles. The van der Waals surface area contributed by atoms with Crippen LogP contribution in [-0.2, 0) is 6.42 Å². The average molecular weight is 194 g/mol. The van der Waals surface area contributed by atoms with Gasteiger partial charge in [-0.1, -0.05) is 19.8 Å². The number of aryl methyl sites for hydroxylation is 1. The summed E-state index contributed by atoms with van der Waals surface area (Å²) < 4.78 is 0. The first-order valence-corrected chi connectivity index (χ1v) is 5.16. The summed E-state index contributed by atoms with van der Waals surface area (Å²) in [6, 6.07) is 3.39. The van der Waals surface area contributed by atoms with Crippen molar-refractivity contribution in [1.82, 2.24) is 0 Å². The van der Waals surface area contributed by atoms with Crippen molar-refractivity contribution in [2.75, 3.05) is 0 Å². The Morgan fingerprint density at radius 2 is 1.64 bits per heavy atom. The molecule has 0 heterocycles. The molecule has 14 heavy (non-hydrogen) atoms. The van der Waals surface area contributed by atoms with Crippen LogP contribution >= 0.6 is 0 Å². The van der Waals surface area contributed by atoms with Gasteiger partial charge in [0.1, 0.15) is 11.5 Å². The molecule has 78 valence electrons. The number of aromatic hydroxyl groups is 2. The molecule has 1 rings (SSSR count). The highest BCUT2D eigenvalue weighted by Crippen LogP contribution is 2.29. The molecule has 0 unspecified atom stereocenters. The average Bonchev–Trinajstić information content (AvgIpc) is 2.09. The summed E-state index contributed by atoms with van der Waals surface area (Å²) in [6.45, 7) is 3.99. The van der Waals surface area contributed by atoms with Gasteiger partial charge in [-0.2, -0.15) is 0 Å². The monoisotopic (exact) mass is 194 g/mol. The molecular formula is C12H18O2. The quantitative estimate of drug-likeness (QED) is 0.723. The van der Waals surface area contributed by atoms with Crippen LogP contribution in [0.1, 0.15) is 37.3 Å². The fourth-order valence-electron chi connectivity index (χ4n) is 1.59. The zero-order chi connectivity index (χ0) is 10.6. The van der Waals surface area contributed by atoms with Gasteiger partial charge in [-0.05, 0) is 37.5 Å². The third-order valence-electron chi connectivity index (χ3n) is 2.38. The second kappa shape index (κ2) is 4.89. The topological polar surface area (TPSA) is 40.5 Å². The Morgan fingerprint density at radius 1 is 1.07 bits per heavy atom. The third kappa shape index (κ3) is 2.66. The second-order valence-electron chi connectivity index (χ2n) is 3.74. The summed E-state index contributed by atoms with van der Waals surface area (Å²) in [4.78, 5) is 0. The van der Waals surface area contributed by atoms with E-state index >= 15 is 0 Å². The SMILES string of the molecule is CCCCCc1c(O)cc(C)cc1O. The van der Waals surface area contributed by atoms with Gasteiger partial charge in [0.2, 0.25) is 0 Å². The smallest absolute Gasteiger partial charge is 0.122 e. The first kappa shape index (κ1) is 10.9. The molecule has 0 amide bonds. The van der Waals surface area contributed by atoms with Crippen LogP contribution in [0.5, 0.6) is 11.5 Å². The lowest BCUT2D eigenvalue weighted by Crippen LogP contribution is -1.88. The largest absolute Gasteiger partial charge is 0.508 e. The zero-order valence-electron chi connectivity index (χ0n) is 8.88. The molecule has 0 saturated carbocycles. The number of phenolic OH excluding ortho intramolecular Hbond substituents is 2. The molecule has 0 fully saturated rings. The fourth-order valence-corrected chi connectivity index (χ4v) is 1.59. The molecule has 0 radical (unpaired) electrons. The van der Waals surface area contributed by atoms with Crippen molar-refractivity contribution in [1.29, 1.82) is 0 Å². The predicted molar refractivity (Wildman–Crippen MR) is 57.7 cm³/mol. The summed E-state index contributed by atoms with van der Waals surface area (Å²) in [5.41, 5.74) is 1.57. The molecular weight excluding hydrogens is 176 g/mol. The maximum absolute atomic E-state index is 9.61.